The van der Waals surface area contributed by atoms with Crippen molar-refractivity contribution in [2.24, 2.45) is 10.9 Å². The molecule has 0 radical (unpaired) electrons. The molecule has 39 heavy (non-hydrogen) atoms. The molecule has 8 nitrogen and oxygen atoms in total. The largest absolute Gasteiger partial charge is 0.494 e. The molecule has 0 spiro atoms. The highest BCUT2D eigenvalue weighted by atomic mass is 32.1. The number of esters is 1. The molecule has 0 saturated carbocycles. The molecule has 0 fully saturated rings. The zero-order valence-electron chi connectivity index (χ0n) is 23.1. The van der Waals surface area contributed by atoms with E-state index in [0.29, 0.717) is 38.7 Å². The smallest absolute Gasteiger partial charge is 0.338 e. The normalized spacial score (nSPS) is 15.2. The maximum absolute atomic E-state index is 13.9. The van der Waals surface area contributed by atoms with Gasteiger partial charge in [-0.3, -0.25) is 9.36 Å². The van der Waals surface area contributed by atoms with Crippen LogP contribution in [0.3, 0.4) is 0 Å². The molecule has 1 unspecified atom stereocenters. The molecule has 0 N–H and O–H groups in total. The molecule has 1 aromatic heterocycles. The van der Waals surface area contributed by atoms with E-state index in [1.807, 2.05) is 57.2 Å². The second-order valence-corrected chi connectivity index (χ2v) is 10.6. The number of aromatic nitrogens is 1. The third kappa shape index (κ3) is 6.09. The second kappa shape index (κ2) is 12.3. The fraction of sp³-hybridized carbons (Fsp3) is 0.367. The summed E-state index contributed by atoms with van der Waals surface area (Å²) >= 11 is 1.27. The van der Waals surface area contributed by atoms with E-state index >= 15 is 0 Å². The standard InChI is InChI=1S/C30H34N2O6S/c1-7-14-37-22-11-9-21(10-12-22)27-26(29(34)38-17-18(2)3)19(4)31-30-32(27)28(33)25(39-30)16-20-8-13-23(35-5)24(15-20)36-6/h8-13,15-16,18,27H,7,14,17H2,1-6H3. The van der Waals surface area contributed by atoms with Gasteiger partial charge >= 0.3 is 5.97 Å². The number of hydrogen-bond acceptors (Lipinski definition) is 8. The van der Waals surface area contributed by atoms with Gasteiger partial charge in [0.2, 0.25) is 0 Å². The first-order valence-corrected chi connectivity index (χ1v) is 13.7. The number of nitrogens with zero attached hydrogens (tertiary/aromatic N) is 2. The van der Waals surface area contributed by atoms with E-state index in [0.717, 1.165) is 23.3 Å². The minimum Gasteiger partial charge on any atom is -0.494 e. The average molecular weight is 551 g/mol. The van der Waals surface area contributed by atoms with Gasteiger partial charge in [-0.05, 0) is 60.7 Å². The lowest BCUT2D eigenvalue weighted by Gasteiger charge is -2.25. The minimum atomic E-state index is -0.686. The predicted octanol–water partition coefficient (Wildman–Crippen LogP) is 4.24. The molecular formula is C30H34N2O6S. The molecule has 0 bridgehead atoms. The summed E-state index contributed by atoms with van der Waals surface area (Å²) in [7, 11) is 3.14. The van der Waals surface area contributed by atoms with Crippen molar-refractivity contribution in [3.05, 3.63) is 84.5 Å². The Morgan fingerprint density at radius 1 is 1.10 bits per heavy atom. The minimum absolute atomic E-state index is 0.172. The number of carbonyl (C=O) groups excluding carboxylic acids is 1. The van der Waals surface area contributed by atoms with Gasteiger partial charge < -0.3 is 18.9 Å². The summed E-state index contributed by atoms with van der Waals surface area (Å²) in [6, 6.07) is 12.3. The molecule has 1 atom stereocenters. The number of methoxy groups -OCH3 is 2. The van der Waals surface area contributed by atoms with Gasteiger partial charge in [-0.25, -0.2) is 9.79 Å². The highest BCUT2D eigenvalue weighted by Gasteiger charge is 2.33. The van der Waals surface area contributed by atoms with Crippen LogP contribution in [0.25, 0.3) is 6.08 Å². The molecule has 4 rings (SSSR count). The van der Waals surface area contributed by atoms with Crippen LogP contribution < -0.4 is 29.1 Å². The van der Waals surface area contributed by atoms with Crippen molar-refractivity contribution >= 4 is 23.4 Å². The SMILES string of the molecule is CCCOc1ccc(C2C(C(=O)OCC(C)C)=C(C)N=c3sc(=Cc4ccc(OC)c(OC)c4)c(=O)n32)cc1. The molecule has 2 aromatic carbocycles. The van der Waals surface area contributed by atoms with Gasteiger partial charge in [-0.15, -0.1) is 0 Å². The zero-order chi connectivity index (χ0) is 28.1. The number of hydrogen-bond donors (Lipinski definition) is 0. The fourth-order valence-electron chi connectivity index (χ4n) is 4.28. The Morgan fingerprint density at radius 3 is 2.46 bits per heavy atom. The lowest BCUT2D eigenvalue weighted by Crippen LogP contribution is -2.40. The Kier molecular flexibility index (Phi) is 8.91. The number of allylic oxidation sites excluding steroid dienone is 1. The van der Waals surface area contributed by atoms with Crippen molar-refractivity contribution in [1.82, 2.24) is 4.57 Å². The van der Waals surface area contributed by atoms with Crippen LogP contribution in [0.4, 0.5) is 0 Å². The molecule has 1 aliphatic heterocycles. The summed E-state index contributed by atoms with van der Waals surface area (Å²) in [6.45, 7) is 8.66. The van der Waals surface area contributed by atoms with E-state index in [2.05, 4.69) is 4.99 Å². The Bertz CT molecular complexity index is 1550. The van der Waals surface area contributed by atoms with Gasteiger partial charge in [0.25, 0.3) is 5.56 Å². The number of benzene rings is 2. The van der Waals surface area contributed by atoms with Crippen LogP contribution in [0.1, 0.15) is 51.3 Å². The van der Waals surface area contributed by atoms with Gasteiger partial charge in [-0.1, -0.05) is 50.3 Å². The van der Waals surface area contributed by atoms with Crippen LogP contribution in [0.15, 0.2) is 63.5 Å². The van der Waals surface area contributed by atoms with E-state index < -0.39 is 12.0 Å². The van der Waals surface area contributed by atoms with Crippen molar-refractivity contribution in [2.45, 2.75) is 40.2 Å². The van der Waals surface area contributed by atoms with Gasteiger partial charge in [0.15, 0.2) is 16.3 Å². The van der Waals surface area contributed by atoms with Crippen molar-refractivity contribution < 1.29 is 23.7 Å². The van der Waals surface area contributed by atoms with Crippen molar-refractivity contribution in [1.29, 1.82) is 0 Å². The van der Waals surface area contributed by atoms with Crippen LogP contribution in [0.5, 0.6) is 17.2 Å². The van der Waals surface area contributed by atoms with Gasteiger partial charge in [0.1, 0.15) is 5.75 Å². The maximum Gasteiger partial charge on any atom is 0.338 e. The number of rotatable bonds is 10. The van der Waals surface area contributed by atoms with E-state index in [1.165, 1.54) is 11.3 Å². The van der Waals surface area contributed by atoms with Crippen LogP contribution in [-0.2, 0) is 9.53 Å². The first-order chi connectivity index (χ1) is 18.8. The molecule has 9 heteroatoms. The summed E-state index contributed by atoms with van der Waals surface area (Å²) < 4.78 is 24.2. The van der Waals surface area contributed by atoms with Gasteiger partial charge in [-0.2, -0.15) is 0 Å². The highest BCUT2D eigenvalue weighted by molar-refractivity contribution is 7.07. The highest BCUT2D eigenvalue weighted by Crippen LogP contribution is 2.32. The van der Waals surface area contributed by atoms with E-state index in [-0.39, 0.29) is 18.1 Å². The average Bonchev–Trinajstić information content (AvgIpc) is 3.23. The van der Waals surface area contributed by atoms with Crippen molar-refractivity contribution in [3.8, 4) is 17.2 Å². The summed E-state index contributed by atoms with van der Waals surface area (Å²) in [5.74, 6) is 1.59. The number of ether oxygens (including phenoxy) is 4. The van der Waals surface area contributed by atoms with E-state index in [4.69, 9.17) is 18.9 Å². The van der Waals surface area contributed by atoms with Crippen LogP contribution in [-0.4, -0.2) is 38.0 Å². The van der Waals surface area contributed by atoms with Gasteiger partial charge in [0.05, 0.1) is 49.3 Å². The first-order valence-electron chi connectivity index (χ1n) is 12.9. The second-order valence-electron chi connectivity index (χ2n) is 9.61. The Labute approximate surface area is 231 Å². The maximum atomic E-state index is 13.9. The number of fused-ring (bicyclic) bond motifs is 1. The predicted molar refractivity (Wildman–Crippen MR) is 151 cm³/mol. The topological polar surface area (TPSA) is 88.4 Å². The van der Waals surface area contributed by atoms with Crippen molar-refractivity contribution in [2.75, 3.05) is 27.4 Å². The first kappa shape index (κ1) is 28.2. The number of carbonyl (C=O) groups is 1. The Hall–Kier alpha value is -3.85. The number of thiazole rings is 1. The lowest BCUT2D eigenvalue weighted by atomic mass is 9.96. The molecular weight excluding hydrogens is 516 g/mol. The summed E-state index contributed by atoms with van der Waals surface area (Å²) in [6.07, 6.45) is 2.69. The van der Waals surface area contributed by atoms with Crippen molar-refractivity contribution in [3.63, 3.8) is 0 Å². The molecule has 3 aromatic rings. The molecule has 0 aliphatic carbocycles. The summed E-state index contributed by atoms with van der Waals surface area (Å²) in [5, 5.41) is 0. The summed E-state index contributed by atoms with van der Waals surface area (Å²) in [4.78, 5) is 32.4. The van der Waals surface area contributed by atoms with Crippen LogP contribution in [0, 0.1) is 5.92 Å². The molecule has 1 aliphatic rings. The fourth-order valence-corrected chi connectivity index (χ4v) is 5.33. The Morgan fingerprint density at radius 2 is 1.82 bits per heavy atom. The molecule has 2 heterocycles. The molecule has 0 saturated heterocycles. The van der Waals surface area contributed by atoms with E-state index in [1.54, 1.807) is 37.9 Å². The summed E-state index contributed by atoms with van der Waals surface area (Å²) in [5.41, 5.74) is 2.18. The molecule has 0 amide bonds. The van der Waals surface area contributed by atoms with Crippen LogP contribution >= 0.6 is 11.3 Å². The monoisotopic (exact) mass is 550 g/mol. The van der Waals surface area contributed by atoms with Gasteiger partial charge in [0, 0.05) is 0 Å². The Balaban J connectivity index is 1.85. The van der Waals surface area contributed by atoms with Crippen LogP contribution in [0.2, 0.25) is 0 Å². The third-order valence-electron chi connectivity index (χ3n) is 6.16. The van der Waals surface area contributed by atoms with E-state index in [9.17, 15) is 9.59 Å². The quantitative estimate of drug-likeness (QED) is 0.351. The molecule has 206 valence electrons. The zero-order valence-corrected chi connectivity index (χ0v) is 24.0. The third-order valence-corrected chi connectivity index (χ3v) is 7.15. The lowest BCUT2D eigenvalue weighted by molar-refractivity contribution is -0.140.